The molecule has 1 saturated heterocycles. The average molecular weight is 347 g/mol. The van der Waals surface area contributed by atoms with Crippen LogP contribution in [0.5, 0.6) is 0 Å². The van der Waals surface area contributed by atoms with Crippen molar-refractivity contribution in [1.82, 2.24) is 24.4 Å². The van der Waals surface area contributed by atoms with Crippen molar-refractivity contribution in [3.05, 3.63) is 52.9 Å². The second-order valence-electron chi connectivity index (χ2n) is 7.66. The third-order valence-electron chi connectivity index (χ3n) is 6.00. The molecule has 26 heavy (non-hydrogen) atoms. The van der Waals surface area contributed by atoms with Crippen LogP contribution in [0.1, 0.15) is 47.2 Å². The maximum absolute atomic E-state index is 4.87. The van der Waals surface area contributed by atoms with Gasteiger partial charge in [-0.25, -0.2) is 9.97 Å². The van der Waals surface area contributed by atoms with Gasteiger partial charge >= 0.3 is 0 Å². The Labute approximate surface area is 154 Å². The maximum atomic E-state index is 4.87. The molecule has 3 aromatic heterocycles. The first-order valence-electron chi connectivity index (χ1n) is 9.71. The Hall–Kier alpha value is -2.27. The summed E-state index contributed by atoms with van der Waals surface area (Å²) in [5.41, 5.74) is 7.72. The lowest BCUT2D eigenvalue weighted by molar-refractivity contribution is 0.241. The second kappa shape index (κ2) is 6.16. The molecule has 1 fully saturated rings. The molecule has 0 bridgehead atoms. The van der Waals surface area contributed by atoms with E-state index in [9.17, 15) is 0 Å². The van der Waals surface area contributed by atoms with Gasteiger partial charge in [0.05, 0.1) is 17.2 Å². The van der Waals surface area contributed by atoms with Crippen molar-refractivity contribution < 1.29 is 0 Å². The third-order valence-corrected chi connectivity index (χ3v) is 6.00. The largest absolute Gasteiger partial charge is 0.341 e. The van der Waals surface area contributed by atoms with Gasteiger partial charge in [-0.15, -0.1) is 0 Å². The quantitative estimate of drug-likeness (QED) is 0.729. The molecule has 5 nitrogen and oxygen atoms in total. The van der Waals surface area contributed by atoms with E-state index in [-0.39, 0.29) is 0 Å². The molecule has 0 aliphatic carbocycles. The normalized spacial score (nSPS) is 19.7. The van der Waals surface area contributed by atoms with Gasteiger partial charge in [-0.1, -0.05) is 6.07 Å². The number of nitrogens with zero attached hydrogens (tertiary/aromatic N) is 5. The molecule has 0 radical (unpaired) electrons. The molecule has 5 rings (SSSR count). The van der Waals surface area contributed by atoms with E-state index >= 15 is 0 Å². The lowest BCUT2D eigenvalue weighted by atomic mass is 9.98. The fourth-order valence-electron chi connectivity index (χ4n) is 4.72. The molecule has 1 unspecified atom stereocenters. The van der Waals surface area contributed by atoms with E-state index in [0.29, 0.717) is 6.04 Å². The maximum Gasteiger partial charge on any atom is 0.126 e. The van der Waals surface area contributed by atoms with Gasteiger partial charge in [0.15, 0.2) is 0 Å². The number of rotatable bonds is 3. The van der Waals surface area contributed by atoms with Crippen LogP contribution in [0.4, 0.5) is 0 Å². The molecule has 0 amide bonds. The van der Waals surface area contributed by atoms with Crippen LogP contribution in [-0.4, -0.2) is 37.5 Å². The number of hydrogen-bond donors (Lipinski definition) is 0. The van der Waals surface area contributed by atoms with Gasteiger partial charge in [-0.3, -0.25) is 9.88 Å². The lowest BCUT2D eigenvalue weighted by Gasteiger charge is -2.30. The molecule has 5 heteroatoms. The van der Waals surface area contributed by atoms with Crippen LogP contribution in [0, 0.1) is 13.8 Å². The fraction of sp³-hybridized carbons (Fsp3) is 0.476. The summed E-state index contributed by atoms with van der Waals surface area (Å²) in [5, 5.41) is 0. The molecule has 0 saturated carbocycles. The summed E-state index contributed by atoms with van der Waals surface area (Å²) >= 11 is 0. The van der Waals surface area contributed by atoms with Crippen molar-refractivity contribution >= 4 is 11.0 Å². The molecule has 2 aliphatic rings. The predicted molar refractivity (Wildman–Crippen MR) is 102 cm³/mol. The minimum atomic E-state index is 0.554. The van der Waals surface area contributed by atoms with Crippen LogP contribution < -0.4 is 0 Å². The van der Waals surface area contributed by atoms with Crippen molar-refractivity contribution in [3.63, 3.8) is 0 Å². The molecular formula is C21H25N5. The Balaban J connectivity index is 1.57. The summed E-state index contributed by atoms with van der Waals surface area (Å²) in [6, 6.07) is 4.85. The Kier molecular flexibility index (Phi) is 3.78. The Morgan fingerprint density at radius 3 is 2.88 bits per heavy atom. The van der Waals surface area contributed by atoms with E-state index in [2.05, 4.69) is 31.6 Å². The highest BCUT2D eigenvalue weighted by atomic mass is 15.2. The molecule has 134 valence electrons. The SMILES string of the molecule is Cc1ccc(CCn2c3c(c4nc(C)ncc42)C2CCCN2CC3)cn1. The Morgan fingerprint density at radius 1 is 1.12 bits per heavy atom. The van der Waals surface area contributed by atoms with Crippen LogP contribution in [0.15, 0.2) is 24.5 Å². The van der Waals surface area contributed by atoms with E-state index in [1.807, 2.05) is 26.2 Å². The summed E-state index contributed by atoms with van der Waals surface area (Å²) in [6.07, 6.45) is 8.71. The highest BCUT2D eigenvalue weighted by Crippen LogP contribution is 2.42. The van der Waals surface area contributed by atoms with Gasteiger partial charge in [0, 0.05) is 48.7 Å². The Morgan fingerprint density at radius 2 is 2.04 bits per heavy atom. The van der Waals surface area contributed by atoms with Gasteiger partial charge in [0.2, 0.25) is 0 Å². The molecule has 1 atom stereocenters. The first-order valence-corrected chi connectivity index (χ1v) is 9.71. The van der Waals surface area contributed by atoms with Crippen LogP contribution >= 0.6 is 0 Å². The average Bonchev–Trinajstić information content (AvgIpc) is 3.23. The van der Waals surface area contributed by atoms with Gasteiger partial charge in [0.25, 0.3) is 0 Å². The number of hydrogen-bond acceptors (Lipinski definition) is 4. The van der Waals surface area contributed by atoms with Crippen LogP contribution in [-0.2, 0) is 19.4 Å². The van der Waals surface area contributed by atoms with Gasteiger partial charge < -0.3 is 4.57 Å². The zero-order valence-electron chi connectivity index (χ0n) is 15.6. The first kappa shape index (κ1) is 15.9. The van der Waals surface area contributed by atoms with Gasteiger partial charge in [-0.2, -0.15) is 0 Å². The molecular weight excluding hydrogens is 322 g/mol. The summed E-state index contributed by atoms with van der Waals surface area (Å²) in [6.45, 7) is 7.40. The second-order valence-corrected chi connectivity index (χ2v) is 7.66. The lowest BCUT2D eigenvalue weighted by Crippen LogP contribution is -2.31. The predicted octanol–water partition coefficient (Wildman–Crippen LogP) is 3.38. The monoisotopic (exact) mass is 347 g/mol. The zero-order chi connectivity index (χ0) is 17.7. The van der Waals surface area contributed by atoms with Gasteiger partial charge in [0.1, 0.15) is 5.82 Å². The fourth-order valence-corrected chi connectivity index (χ4v) is 4.72. The highest BCUT2D eigenvalue weighted by molar-refractivity contribution is 5.82. The van der Waals surface area contributed by atoms with E-state index in [0.717, 1.165) is 30.9 Å². The first-order chi connectivity index (χ1) is 12.7. The van der Waals surface area contributed by atoms with Gasteiger partial charge in [-0.05, 0) is 51.3 Å². The number of pyridine rings is 1. The van der Waals surface area contributed by atoms with Crippen LogP contribution in [0.25, 0.3) is 11.0 Å². The minimum Gasteiger partial charge on any atom is -0.341 e. The molecule has 0 N–H and O–H groups in total. The molecule has 3 aromatic rings. The van der Waals surface area contributed by atoms with E-state index in [1.54, 1.807) is 0 Å². The van der Waals surface area contributed by atoms with Crippen LogP contribution in [0.2, 0.25) is 0 Å². The van der Waals surface area contributed by atoms with E-state index in [4.69, 9.17) is 4.98 Å². The summed E-state index contributed by atoms with van der Waals surface area (Å²) in [5.74, 6) is 0.871. The number of aryl methyl sites for hydroxylation is 4. The minimum absolute atomic E-state index is 0.554. The molecule has 2 aliphatic heterocycles. The molecule has 0 spiro atoms. The smallest absolute Gasteiger partial charge is 0.126 e. The third kappa shape index (κ3) is 2.53. The topological polar surface area (TPSA) is 46.8 Å². The summed E-state index contributed by atoms with van der Waals surface area (Å²) < 4.78 is 2.49. The Bertz CT molecular complexity index is 957. The van der Waals surface area contributed by atoms with Crippen LogP contribution in [0.3, 0.4) is 0 Å². The van der Waals surface area contributed by atoms with Crippen molar-refractivity contribution in [3.8, 4) is 0 Å². The number of aromatic nitrogens is 4. The van der Waals surface area contributed by atoms with Crippen molar-refractivity contribution in [2.45, 2.75) is 52.1 Å². The molecule has 0 aromatic carbocycles. The summed E-state index contributed by atoms with van der Waals surface area (Å²) in [7, 11) is 0. The number of fused-ring (bicyclic) bond motifs is 5. The van der Waals surface area contributed by atoms with Crippen molar-refractivity contribution in [2.75, 3.05) is 13.1 Å². The standard InChI is InChI=1S/C21H25N5/c1-14-5-6-16(12-22-14)7-11-26-18-8-10-25-9-3-4-17(25)20(18)21-19(26)13-23-15(2)24-21/h5-6,12-13,17H,3-4,7-11H2,1-2H3. The summed E-state index contributed by atoms with van der Waals surface area (Å²) in [4.78, 5) is 16.5. The van der Waals surface area contributed by atoms with E-state index in [1.165, 1.54) is 53.8 Å². The molecule has 5 heterocycles. The van der Waals surface area contributed by atoms with Crippen molar-refractivity contribution in [2.24, 2.45) is 0 Å². The van der Waals surface area contributed by atoms with E-state index < -0.39 is 0 Å². The highest BCUT2D eigenvalue weighted by Gasteiger charge is 2.35. The zero-order valence-corrected chi connectivity index (χ0v) is 15.6. The van der Waals surface area contributed by atoms with Crippen molar-refractivity contribution in [1.29, 1.82) is 0 Å².